The molecule has 0 radical (unpaired) electrons. The van der Waals surface area contributed by atoms with Crippen LogP contribution in [0.25, 0.3) is 0 Å². The van der Waals surface area contributed by atoms with Crippen LogP contribution in [0.4, 0.5) is 4.39 Å². The first-order valence-corrected chi connectivity index (χ1v) is 7.15. The number of nitrogens with two attached hydrogens (primary N) is 1. The molecule has 0 aliphatic carbocycles. The summed E-state index contributed by atoms with van der Waals surface area (Å²) in [6, 6.07) is 13.2. The van der Waals surface area contributed by atoms with Gasteiger partial charge < -0.3 is 5.73 Å². The zero-order valence-corrected chi connectivity index (χ0v) is 12.0. The van der Waals surface area contributed by atoms with Crippen LogP contribution in [0.2, 0.25) is 0 Å². The van der Waals surface area contributed by atoms with Crippen molar-refractivity contribution in [1.82, 2.24) is 0 Å². The molecule has 19 heavy (non-hydrogen) atoms. The number of benzene rings is 2. The lowest BCUT2D eigenvalue weighted by Gasteiger charge is -2.10. The Morgan fingerprint density at radius 1 is 1.21 bits per heavy atom. The summed E-state index contributed by atoms with van der Waals surface area (Å²) in [6.07, 6.45) is 0.872. The molecule has 0 saturated heterocycles. The third kappa shape index (κ3) is 3.82. The highest BCUT2D eigenvalue weighted by atomic mass is 32.2. The average Bonchev–Trinajstić information content (AvgIpc) is 2.35. The van der Waals surface area contributed by atoms with Gasteiger partial charge in [-0.25, -0.2) is 4.39 Å². The van der Waals surface area contributed by atoms with E-state index in [-0.39, 0.29) is 11.9 Å². The fourth-order valence-corrected chi connectivity index (χ4v) is 2.90. The molecule has 0 aromatic heterocycles. The van der Waals surface area contributed by atoms with Crippen LogP contribution in [0.3, 0.4) is 0 Å². The Morgan fingerprint density at radius 2 is 1.95 bits per heavy atom. The van der Waals surface area contributed by atoms with Crippen molar-refractivity contribution in [2.45, 2.75) is 36.1 Å². The fraction of sp³-hybridized carbons (Fsp3) is 0.250. The third-order valence-electron chi connectivity index (χ3n) is 2.92. The lowest BCUT2D eigenvalue weighted by molar-refractivity contribution is 0.602. The lowest BCUT2D eigenvalue weighted by atomic mass is 10.0. The molecule has 2 N–H and O–H groups in total. The Labute approximate surface area is 118 Å². The number of rotatable bonds is 4. The third-order valence-corrected chi connectivity index (χ3v) is 3.96. The molecule has 1 unspecified atom stereocenters. The summed E-state index contributed by atoms with van der Waals surface area (Å²) >= 11 is 1.45. The maximum absolute atomic E-state index is 13.6. The van der Waals surface area contributed by atoms with Gasteiger partial charge in [-0.3, -0.25) is 0 Å². The van der Waals surface area contributed by atoms with Crippen molar-refractivity contribution in [3.63, 3.8) is 0 Å². The van der Waals surface area contributed by atoms with Crippen LogP contribution in [-0.2, 0) is 6.42 Å². The van der Waals surface area contributed by atoms with Gasteiger partial charge in [-0.1, -0.05) is 30.0 Å². The van der Waals surface area contributed by atoms with Gasteiger partial charge in [-0.05, 0) is 55.7 Å². The molecule has 0 spiro atoms. The predicted octanol–water partition coefficient (Wildman–Crippen LogP) is 4.18. The molecule has 0 aliphatic heterocycles. The minimum absolute atomic E-state index is 0.156. The minimum atomic E-state index is -0.176. The molecule has 2 aromatic rings. The maximum Gasteiger partial charge on any atom is 0.137 e. The zero-order valence-electron chi connectivity index (χ0n) is 11.2. The minimum Gasteiger partial charge on any atom is -0.328 e. The smallest absolute Gasteiger partial charge is 0.137 e. The monoisotopic (exact) mass is 275 g/mol. The Morgan fingerprint density at radius 3 is 2.58 bits per heavy atom. The topological polar surface area (TPSA) is 26.0 Å². The molecule has 0 aliphatic rings. The van der Waals surface area contributed by atoms with Gasteiger partial charge in [-0.15, -0.1) is 0 Å². The summed E-state index contributed by atoms with van der Waals surface area (Å²) in [4.78, 5) is 1.71. The van der Waals surface area contributed by atoms with E-state index in [2.05, 4.69) is 19.1 Å². The Kier molecular flexibility index (Phi) is 4.61. The molecular weight excluding hydrogens is 257 g/mol. The predicted molar refractivity (Wildman–Crippen MR) is 79.1 cm³/mol. The first-order valence-electron chi connectivity index (χ1n) is 6.34. The van der Waals surface area contributed by atoms with Crippen LogP contribution in [0.1, 0.15) is 18.1 Å². The van der Waals surface area contributed by atoms with E-state index in [9.17, 15) is 4.39 Å². The maximum atomic E-state index is 13.6. The van der Waals surface area contributed by atoms with Crippen LogP contribution in [-0.4, -0.2) is 6.04 Å². The van der Waals surface area contributed by atoms with E-state index < -0.39 is 0 Å². The van der Waals surface area contributed by atoms with E-state index in [0.717, 1.165) is 11.3 Å². The molecule has 2 rings (SSSR count). The molecule has 100 valence electrons. The Balaban J connectivity index is 2.19. The molecule has 0 heterocycles. The zero-order chi connectivity index (χ0) is 13.8. The highest BCUT2D eigenvalue weighted by molar-refractivity contribution is 7.99. The van der Waals surface area contributed by atoms with Gasteiger partial charge in [0, 0.05) is 15.8 Å². The standard InChI is InChI=1S/C16H18FNS/c1-11-9-14(8-7-13(11)10-12(2)18)19-16-6-4-3-5-15(16)17/h3-9,12H,10,18H2,1-2H3. The van der Waals surface area contributed by atoms with Crippen molar-refractivity contribution in [2.24, 2.45) is 5.73 Å². The summed E-state index contributed by atoms with van der Waals surface area (Å²) in [5.41, 5.74) is 8.28. The summed E-state index contributed by atoms with van der Waals surface area (Å²) in [5, 5.41) is 0. The van der Waals surface area contributed by atoms with Gasteiger partial charge in [0.2, 0.25) is 0 Å². The van der Waals surface area contributed by atoms with Crippen molar-refractivity contribution in [3.8, 4) is 0 Å². The second-order valence-electron chi connectivity index (χ2n) is 4.80. The van der Waals surface area contributed by atoms with Crippen molar-refractivity contribution in [2.75, 3.05) is 0 Å². The largest absolute Gasteiger partial charge is 0.328 e. The molecule has 3 heteroatoms. The van der Waals surface area contributed by atoms with Crippen molar-refractivity contribution in [3.05, 3.63) is 59.4 Å². The van der Waals surface area contributed by atoms with Crippen LogP contribution < -0.4 is 5.73 Å². The van der Waals surface area contributed by atoms with Crippen molar-refractivity contribution >= 4 is 11.8 Å². The van der Waals surface area contributed by atoms with E-state index >= 15 is 0 Å². The quantitative estimate of drug-likeness (QED) is 0.906. The van der Waals surface area contributed by atoms with Crippen LogP contribution in [0.5, 0.6) is 0 Å². The van der Waals surface area contributed by atoms with E-state index in [1.165, 1.54) is 29.0 Å². The molecule has 0 bridgehead atoms. The van der Waals surface area contributed by atoms with E-state index in [1.54, 1.807) is 12.1 Å². The molecule has 0 fully saturated rings. The van der Waals surface area contributed by atoms with E-state index in [1.807, 2.05) is 19.1 Å². The summed E-state index contributed by atoms with van der Waals surface area (Å²) in [5.74, 6) is -0.176. The number of hydrogen-bond acceptors (Lipinski definition) is 2. The van der Waals surface area contributed by atoms with Crippen LogP contribution in [0, 0.1) is 12.7 Å². The first kappa shape index (κ1) is 14.1. The Hall–Kier alpha value is -1.32. The summed E-state index contributed by atoms with van der Waals surface area (Å²) in [7, 11) is 0. The second-order valence-corrected chi connectivity index (χ2v) is 5.92. The summed E-state index contributed by atoms with van der Waals surface area (Å²) in [6.45, 7) is 4.07. The lowest BCUT2D eigenvalue weighted by Crippen LogP contribution is -2.18. The molecule has 2 aromatic carbocycles. The normalized spacial score (nSPS) is 12.4. The summed E-state index contributed by atoms with van der Waals surface area (Å²) < 4.78 is 13.6. The molecule has 1 nitrogen and oxygen atoms in total. The van der Waals surface area contributed by atoms with Gasteiger partial charge in [-0.2, -0.15) is 0 Å². The molecular formula is C16H18FNS. The van der Waals surface area contributed by atoms with Crippen LogP contribution in [0.15, 0.2) is 52.3 Å². The van der Waals surface area contributed by atoms with Crippen molar-refractivity contribution < 1.29 is 4.39 Å². The SMILES string of the molecule is Cc1cc(Sc2ccccc2F)ccc1CC(C)N. The molecule has 1 atom stereocenters. The number of hydrogen-bond donors (Lipinski definition) is 1. The van der Waals surface area contributed by atoms with Gasteiger partial charge in [0.15, 0.2) is 0 Å². The number of aryl methyl sites for hydroxylation is 1. The van der Waals surface area contributed by atoms with Gasteiger partial charge in [0.05, 0.1) is 0 Å². The highest BCUT2D eigenvalue weighted by Gasteiger charge is 2.06. The molecule has 0 saturated carbocycles. The van der Waals surface area contributed by atoms with Gasteiger partial charge >= 0.3 is 0 Å². The van der Waals surface area contributed by atoms with E-state index in [0.29, 0.717) is 4.90 Å². The van der Waals surface area contributed by atoms with Gasteiger partial charge in [0.25, 0.3) is 0 Å². The Bertz CT molecular complexity index is 566. The fourth-order valence-electron chi connectivity index (χ4n) is 1.96. The first-order chi connectivity index (χ1) is 9.06. The highest BCUT2D eigenvalue weighted by Crippen LogP contribution is 2.30. The van der Waals surface area contributed by atoms with Crippen molar-refractivity contribution in [1.29, 1.82) is 0 Å². The molecule has 0 amide bonds. The van der Waals surface area contributed by atoms with E-state index in [4.69, 9.17) is 5.73 Å². The van der Waals surface area contributed by atoms with Crippen LogP contribution >= 0.6 is 11.8 Å². The average molecular weight is 275 g/mol. The van der Waals surface area contributed by atoms with Gasteiger partial charge in [0.1, 0.15) is 5.82 Å². The number of halogens is 1. The second kappa shape index (κ2) is 6.22.